The van der Waals surface area contributed by atoms with Crippen LogP contribution in [0.1, 0.15) is 18.4 Å². The third kappa shape index (κ3) is 2.75. The summed E-state index contributed by atoms with van der Waals surface area (Å²) < 4.78 is 26.1. The van der Waals surface area contributed by atoms with E-state index >= 15 is 0 Å². The average Bonchev–Trinajstić information content (AvgIpc) is 2.72. The predicted molar refractivity (Wildman–Crippen MR) is 55.7 cm³/mol. The van der Waals surface area contributed by atoms with Gasteiger partial charge in [0.15, 0.2) is 0 Å². The van der Waals surface area contributed by atoms with Gasteiger partial charge in [0.2, 0.25) is 0 Å². The molecule has 0 radical (unpaired) electrons. The summed E-state index contributed by atoms with van der Waals surface area (Å²) in [6.45, 7) is 2.06. The molecule has 0 saturated carbocycles. The fraction of sp³-hybridized carbons (Fsp3) is 0.500. The first-order valence-electron chi connectivity index (χ1n) is 5.40. The molecule has 1 aliphatic rings. The van der Waals surface area contributed by atoms with Gasteiger partial charge in [0.05, 0.1) is 0 Å². The molecular weight excluding hydrogens is 196 g/mol. The Bertz CT molecular complexity index is 332. The summed E-state index contributed by atoms with van der Waals surface area (Å²) in [5.41, 5.74) is 0.502. The lowest BCUT2D eigenvalue weighted by Crippen LogP contribution is -2.09. The Morgan fingerprint density at radius 2 is 2.20 bits per heavy atom. The van der Waals surface area contributed by atoms with Gasteiger partial charge in [-0.3, -0.25) is 0 Å². The molecule has 1 aliphatic heterocycles. The Balaban J connectivity index is 1.94. The van der Waals surface area contributed by atoms with Crippen molar-refractivity contribution in [2.24, 2.45) is 5.92 Å². The number of benzene rings is 1. The summed E-state index contributed by atoms with van der Waals surface area (Å²) in [6, 6.07) is 3.67. The fourth-order valence-electron chi connectivity index (χ4n) is 2.06. The predicted octanol–water partition coefficient (Wildman–Crippen LogP) is 2.51. The molecule has 1 N–H and O–H groups in total. The molecule has 3 heteroatoms. The standard InChI is InChI=1S/C12H15F2N/c13-11-3-4-12(14)10(7-11)2-1-9-5-6-15-8-9/h3-4,7,9,15H,1-2,5-6,8H2. The number of hydrogen-bond acceptors (Lipinski definition) is 1. The van der Waals surface area contributed by atoms with Crippen LogP contribution in [0.4, 0.5) is 8.78 Å². The van der Waals surface area contributed by atoms with Crippen LogP contribution in [0.3, 0.4) is 0 Å². The van der Waals surface area contributed by atoms with E-state index < -0.39 is 0 Å². The van der Waals surface area contributed by atoms with Gasteiger partial charge < -0.3 is 5.32 Å². The van der Waals surface area contributed by atoms with Gasteiger partial charge in [0.25, 0.3) is 0 Å². The number of nitrogens with one attached hydrogen (secondary N) is 1. The van der Waals surface area contributed by atoms with Crippen molar-refractivity contribution in [2.45, 2.75) is 19.3 Å². The van der Waals surface area contributed by atoms with E-state index in [4.69, 9.17) is 0 Å². The Morgan fingerprint density at radius 3 is 2.93 bits per heavy atom. The van der Waals surface area contributed by atoms with Crippen LogP contribution in [0.25, 0.3) is 0 Å². The first kappa shape index (κ1) is 10.6. The van der Waals surface area contributed by atoms with Gasteiger partial charge in [-0.1, -0.05) is 0 Å². The highest BCUT2D eigenvalue weighted by atomic mass is 19.1. The van der Waals surface area contributed by atoms with Crippen LogP contribution in [-0.2, 0) is 6.42 Å². The van der Waals surface area contributed by atoms with Crippen molar-refractivity contribution in [3.8, 4) is 0 Å². The smallest absolute Gasteiger partial charge is 0.126 e. The van der Waals surface area contributed by atoms with E-state index in [-0.39, 0.29) is 11.6 Å². The molecule has 1 aromatic carbocycles. The molecule has 2 rings (SSSR count). The molecule has 0 aliphatic carbocycles. The molecule has 82 valence electrons. The highest BCUT2D eigenvalue weighted by molar-refractivity contribution is 5.18. The number of aryl methyl sites for hydroxylation is 1. The Morgan fingerprint density at radius 1 is 1.33 bits per heavy atom. The molecule has 1 nitrogen and oxygen atoms in total. The van der Waals surface area contributed by atoms with Gasteiger partial charge in [-0.05, 0) is 62.0 Å². The highest BCUT2D eigenvalue weighted by Crippen LogP contribution is 2.18. The number of hydrogen-bond donors (Lipinski definition) is 1. The largest absolute Gasteiger partial charge is 0.316 e. The topological polar surface area (TPSA) is 12.0 Å². The number of halogens is 2. The lowest BCUT2D eigenvalue weighted by Gasteiger charge is -2.08. The van der Waals surface area contributed by atoms with Crippen molar-refractivity contribution >= 4 is 0 Å². The summed E-state index contributed by atoms with van der Waals surface area (Å²) in [6.07, 6.45) is 2.72. The minimum Gasteiger partial charge on any atom is -0.316 e. The Kier molecular flexibility index (Phi) is 3.31. The summed E-state index contributed by atoms with van der Waals surface area (Å²) in [5, 5.41) is 3.27. The van der Waals surface area contributed by atoms with Crippen LogP contribution in [0, 0.1) is 17.6 Å². The third-order valence-corrected chi connectivity index (χ3v) is 2.99. The maximum absolute atomic E-state index is 13.3. The molecule has 0 amide bonds. The summed E-state index contributed by atoms with van der Waals surface area (Å²) in [4.78, 5) is 0. The highest BCUT2D eigenvalue weighted by Gasteiger charge is 2.15. The van der Waals surface area contributed by atoms with Crippen LogP contribution in [-0.4, -0.2) is 13.1 Å². The zero-order valence-corrected chi connectivity index (χ0v) is 8.60. The molecule has 0 bridgehead atoms. The van der Waals surface area contributed by atoms with E-state index in [0.717, 1.165) is 32.0 Å². The average molecular weight is 211 g/mol. The second kappa shape index (κ2) is 4.71. The Labute approximate surface area is 88.5 Å². The van der Waals surface area contributed by atoms with Crippen LogP contribution < -0.4 is 5.32 Å². The molecule has 1 unspecified atom stereocenters. The van der Waals surface area contributed by atoms with Crippen molar-refractivity contribution in [2.75, 3.05) is 13.1 Å². The molecule has 1 aromatic rings. The van der Waals surface area contributed by atoms with Crippen LogP contribution in [0.5, 0.6) is 0 Å². The van der Waals surface area contributed by atoms with E-state index in [0.29, 0.717) is 17.9 Å². The van der Waals surface area contributed by atoms with Gasteiger partial charge in [0, 0.05) is 0 Å². The molecule has 0 spiro atoms. The van der Waals surface area contributed by atoms with Gasteiger partial charge in [-0.2, -0.15) is 0 Å². The van der Waals surface area contributed by atoms with E-state index in [1.165, 1.54) is 12.1 Å². The van der Waals surface area contributed by atoms with Crippen molar-refractivity contribution in [3.05, 3.63) is 35.4 Å². The van der Waals surface area contributed by atoms with Gasteiger partial charge >= 0.3 is 0 Å². The fourth-order valence-corrected chi connectivity index (χ4v) is 2.06. The maximum atomic E-state index is 13.3. The molecular formula is C12H15F2N. The third-order valence-electron chi connectivity index (χ3n) is 2.99. The summed E-state index contributed by atoms with van der Waals surface area (Å²) in [5.74, 6) is -0.0222. The molecule has 1 heterocycles. The SMILES string of the molecule is Fc1ccc(F)c(CCC2CCNC2)c1. The molecule has 1 fully saturated rings. The van der Waals surface area contributed by atoms with Gasteiger partial charge in [-0.25, -0.2) is 8.78 Å². The normalized spacial score (nSPS) is 20.8. The molecule has 0 aromatic heterocycles. The van der Waals surface area contributed by atoms with E-state index in [1.54, 1.807) is 0 Å². The monoisotopic (exact) mass is 211 g/mol. The van der Waals surface area contributed by atoms with Crippen LogP contribution in [0.15, 0.2) is 18.2 Å². The van der Waals surface area contributed by atoms with Crippen LogP contribution in [0.2, 0.25) is 0 Å². The van der Waals surface area contributed by atoms with E-state index in [9.17, 15) is 8.78 Å². The van der Waals surface area contributed by atoms with Crippen LogP contribution >= 0.6 is 0 Å². The molecule has 1 atom stereocenters. The van der Waals surface area contributed by atoms with Gasteiger partial charge in [-0.15, -0.1) is 0 Å². The first-order valence-corrected chi connectivity index (χ1v) is 5.40. The zero-order valence-electron chi connectivity index (χ0n) is 8.60. The quantitative estimate of drug-likeness (QED) is 0.810. The molecule has 1 saturated heterocycles. The Hall–Kier alpha value is -0.960. The minimum atomic E-state index is -0.351. The van der Waals surface area contributed by atoms with E-state index in [2.05, 4.69) is 5.32 Å². The second-order valence-electron chi connectivity index (χ2n) is 4.13. The minimum absolute atomic E-state index is 0.289. The van der Waals surface area contributed by atoms with Crippen molar-refractivity contribution in [1.29, 1.82) is 0 Å². The summed E-state index contributed by atoms with van der Waals surface area (Å²) >= 11 is 0. The number of rotatable bonds is 3. The molecule has 15 heavy (non-hydrogen) atoms. The lowest BCUT2D eigenvalue weighted by atomic mass is 9.98. The zero-order chi connectivity index (χ0) is 10.7. The maximum Gasteiger partial charge on any atom is 0.126 e. The summed E-state index contributed by atoms with van der Waals surface area (Å²) in [7, 11) is 0. The van der Waals surface area contributed by atoms with Gasteiger partial charge in [0.1, 0.15) is 11.6 Å². The van der Waals surface area contributed by atoms with Crippen molar-refractivity contribution < 1.29 is 8.78 Å². The lowest BCUT2D eigenvalue weighted by molar-refractivity contribution is 0.516. The second-order valence-corrected chi connectivity index (χ2v) is 4.13. The van der Waals surface area contributed by atoms with Crippen molar-refractivity contribution in [3.63, 3.8) is 0 Å². The van der Waals surface area contributed by atoms with Crippen molar-refractivity contribution in [1.82, 2.24) is 5.32 Å². The van der Waals surface area contributed by atoms with E-state index in [1.807, 2.05) is 0 Å². The first-order chi connectivity index (χ1) is 7.25.